The van der Waals surface area contributed by atoms with E-state index in [4.69, 9.17) is 14.6 Å². The van der Waals surface area contributed by atoms with E-state index >= 15 is 0 Å². The minimum absolute atomic E-state index is 0.0268. The molecule has 5 atom stereocenters. The van der Waals surface area contributed by atoms with Crippen LogP contribution in [0.1, 0.15) is 19.3 Å². The summed E-state index contributed by atoms with van der Waals surface area (Å²) in [4.78, 5) is 0. The van der Waals surface area contributed by atoms with Gasteiger partial charge in [-0.15, -0.1) is 0 Å². The third-order valence-corrected chi connectivity index (χ3v) is 3.24. The fraction of sp³-hybridized carbons (Fsp3) is 1.00. The second-order valence-corrected chi connectivity index (χ2v) is 4.38. The normalized spacial score (nSPS) is 45.4. The highest BCUT2D eigenvalue weighted by Crippen LogP contribution is 2.29. The van der Waals surface area contributed by atoms with Crippen LogP contribution in [0, 0.1) is 0 Å². The molecule has 1 saturated carbocycles. The number of aliphatic hydroxyl groups is 4. The number of hydrogen-bond acceptors (Lipinski definition) is 6. The summed E-state index contributed by atoms with van der Waals surface area (Å²) in [5.41, 5.74) is 0. The maximum Gasteiger partial charge on any atom is 0.184 e. The van der Waals surface area contributed by atoms with Crippen LogP contribution in [0.25, 0.3) is 0 Å². The van der Waals surface area contributed by atoms with Crippen molar-refractivity contribution in [1.29, 1.82) is 0 Å². The zero-order chi connectivity index (χ0) is 11.7. The lowest BCUT2D eigenvalue weighted by Gasteiger charge is -2.42. The molecule has 5 unspecified atom stereocenters. The molecule has 2 rings (SSSR count). The zero-order valence-electron chi connectivity index (χ0n) is 8.90. The lowest BCUT2D eigenvalue weighted by atomic mass is 9.93. The van der Waals surface area contributed by atoms with E-state index in [0.29, 0.717) is 0 Å². The molecule has 0 aromatic carbocycles. The van der Waals surface area contributed by atoms with Crippen LogP contribution in [0.5, 0.6) is 0 Å². The van der Waals surface area contributed by atoms with Gasteiger partial charge in [0, 0.05) is 0 Å². The molecule has 0 spiro atoms. The van der Waals surface area contributed by atoms with Gasteiger partial charge >= 0.3 is 0 Å². The van der Waals surface area contributed by atoms with Gasteiger partial charge < -0.3 is 29.9 Å². The van der Waals surface area contributed by atoms with E-state index in [1.165, 1.54) is 0 Å². The Kier molecular flexibility index (Phi) is 3.78. The summed E-state index contributed by atoms with van der Waals surface area (Å²) in [6.07, 6.45) is -2.74. The Labute approximate surface area is 93.4 Å². The van der Waals surface area contributed by atoms with Crippen LogP contribution in [-0.2, 0) is 9.47 Å². The first-order valence-electron chi connectivity index (χ1n) is 5.59. The molecule has 0 aromatic rings. The Hall–Kier alpha value is -0.240. The largest absolute Gasteiger partial charge is 0.394 e. The van der Waals surface area contributed by atoms with Crippen molar-refractivity contribution in [2.45, 2.75) is 56.1 Å². The Balaban J connectivity index is 1.99. The molecule has 16 heavy (non-hydrogen) atoms. The highest BCUT2D eigenvalue weighted by molar-refractivity contribution is 4.91. The molecular formula is C10H18O6. The highest BCUT2D eigenvalue weighted by atomic mass is 16.6. The molecule has 1 heterocycles. The van der Waals surface area contributed by atoms with Crippen molar-refractivity contribution in [3.63, 3.8) is 0 Å². The molecule has 0 bridgehead atoms. The van der Waals surface area contributed by atoms with E-state index in [9.17, 15) is 15.3 Å². The second-order valence-electron chi connectivity index (χ2n) is 4.38. The maximum atomic E-state index is 9.80. The van der Waals surface area contributed by atoms with Crippen LogP contribution < -0.4 is 0 Å². The molecule has 4 N–H and O–H groups in total. The summed E-state index contributed by atoms with van der Waals surface area (Å²) in [6, 6.07) is 0. The number of hydrogen-bond donors (Lipinski definition) is 4. The van der Waals surface area contributed by atoms with Crippen molar-refractivity contribution in [2.75, 3.05) is 6.61 Å². The van der Waals surface area contributed by atoms with Gasteiger partial charge in [-0.25, -0.2) is 0 Å². The molecule has 94 valence electrons. The summed E-state index contributed by atoms with van der Waals surface area (Å²) < 4.78 is 10.4. The van der Waals surface area contributed by atoms with E-state index < -0.39 is 37.3 Å². The summed E-state index contributed by atoms with van der Waals surface area (Å²) in [7, 11) is 0. The Morgan fingerprint density at radius 2 is 1.81 bits per heavy atom. The zero-order valence-corrected chi connectivity index (χ0v) is 8.90. The molecule has 2 aliphatic rings. The Bertz CT molecular complexity index is 231. The Morgan fingerprint density at radius 3 is 2.31 bits per heavy atom. The van der Waals surface area contributed by atoms with Gasteiger partial charge in [-0.3, -0.25) is 0 Å². The number of aliphatic hydroxyl groups excluding tert-OH is 4. The van der Waals surface area contributed by atoms with Crippen molar-refractivity contribution in [3.8, 4) is 0 Å². The van der Waals surface area contributed by atoms with E-state index in [0.717, 1.165) is 19.3 Å². The minimum Gasteiger partial charge on any atom is -0.394 e. The lowest BCUT2D eigenvalue weighted by molar-refractivity contribution is -0.303. The number of ether oxygens (including phenoxy) is 2. The van der Waals surface area contributed by atoms with Gasteiger partial charge in [-0.05, 0) is 19.3 Å². The van der Waals surface area contributed by atoms with Crippen molar-refractivity contribution in [2.24, 2.45) is 0 Å². The first kappa shape index (κ1) is 12.2. The van der Waals surface area contributed by atoms with Gasteiger partial charge in [-0.2, -0.15) is 0 Å². The van der Waals surface area contributed by atoms with Crippen molar-refractivity contribution in [3.05, 3.63) is 0 Å². The average molecular weight is 234 g/mol. The topological polar surface area (TPSA) is 99.4 Å². The van der Waals surface area contributed by atoms with Crippen LogP contribution in [0.15, 0.2) is 0 Å². The molecule has 0 aromatic heterocycles. The Morgan fingerprint density at radius 1 is 1.12 bits per heavy atom. The third-order valence-electron chi connectivity index (χ3n) is 3.24. The first-order chi connectivity index (χ1) is 7.63. The van der Waals surface area contributed by atoms with E-state index in [1.807, 2.05) is 0 Å². The molecule has 1 aliphatic heterocycles. The van der Waals surface area contributed by atoms with Crippen LogP contribution in [-0.4, -0.2) is 63.8 Å². The van der Waals surface area contributed by atoms with Gasteiger partial charge in [0.05, 0.1) is 12.7 Å². The molecule has 6 nitrogen and oxygen atoms in total. The van der Waals surface area contributed by atoms with Crippen molar-refractivity contribution in [1.82, 2.24) is 0 Å². The summed E-state index contributed by atoms with van der Waals surface area (Å²) in [5.74, 6) is 0. The van der Waals surface area contributed by atoms with E-state index in [-0.39, 0.29) is 6.10 Å². The summed E-state index contributed by atoms with van der Waals surface area (Å²) in [6.45, 7) is -0.421. The van der Waals surface area contributed by atoms with Crippen LogP contribution in [0.4, 0.5) is 0 Å². The second kappa shape index (κ2) is 4.95. The van der Waals surface area contributed by atoms with E-state index in [2.05, 4.69) is 0 Å². The molecule has 0 amide bonds. The molecule has 1 aliphatic carbocycles. The smallest absolute Gasteiger partial charge is 0.184 e. The van der Waals surface area contributed by atoms with Crippen molar-refractivity contribution < 1.29 is 29.9 Å². The van der Waals surface area contributed by atoms with Gasteiger partial charge in [0.25, 0.3) is 0 Å². The molecule has 1 saturated heterocycles. The monoisotopic (exact) mass is 234 g/mol. The summed E-state index contributed by atoms with van der Waals surface area (Å²) >= 11 is 0. The fourth-order valence-electron chi connectivity index (χ4n) is 1.96. The molecule has 2 fully saturated rings. The SMILES string of the molecule is OCC1OC(O)C(O)C(OC2CCC2)C1O. The molecular weight excluding hydrogens is 216 g/mol. The van der Waals surface area contributed by atoms with Crippen LogP contribution in [0.3, 0.4) is 0 Å². The fourth-order valence-corrected chi connectivity index (χ4v) is 1.96. The molecule has 6 heteroatoms. The van der Waals surface area contributed by atoms with Gasteiger partial charge in [0.2, 0.25) is 0 Å². The van der Waals surface area contributed by atoms with Crippen LogP contribution >= 0.6 is 0 Å². The predicted molar refractivity (Wildman–Crippen MR) is 52.5 cm³/mol. The van der Waals surface area contributed by atoms with Gasteiger partial charge in [0.15, 0.2) is 6.29 Å². The number of rotatable bonds is 3. The predicted octanol–water partition coefficient (Wildman–Crippen LogP) is -1.64. The highest BCUT2D eigenvalue weighted by Gasteiger charge is 2.45. The minimum atomic E-state index is -1.43. The van der Waals surface area contributed by atoms with Crippen LogP contribution in [0.2, 0.25) is 0 Å². The lowest BCUT2D eigenvalue weighted by Crippen LogP contribution is -2.60. The van der Waals surface area contributed by atoms with Crippen molar-refractivity contribution >= 4 is 0 Å². The maximum absolute atomic E-state index is 9.80. The third kappa shape index (κ3) is 2.22. The molecule has 0 radical (unpaired) electrons. The quantitative estimate of drug-likeness (QED) is 0.467. The average Bonchev–Trinajstić information content (AvgIpc) is 2.21. The van der Waals surface area contributed by atoms with Gasteiger partial charge in [-0.1, -0.05) is 0 Å². The summed E-state index contributed by atoms with van der Waals surface area (Å²) in [5, 5.41) is 37.8. The van der Waals surface area contributed by atoms with E-state index in [1.54, 1.807) is 0 Å². The first-order valence-corrected chi connectivity index (χ1v) is 5.59. The standard InChI is InChI=1S/C10H18O6/c11-4-6-7(12)9(8(13)10(14)16-6)15-5-2-1-3-5/h5-14H,1-4H2. The van der Waals surface area contributed by atoms with Gasteiger partial charge in [0.1, 0.15) is 24.4 Å².